The normalized spacial score (nSPS) is 25.4. The van der Waals surface area contributed by atoms with Crippen LogP contribution < -0.4 is 5.32 Å². The Morgan fingerprint density at radius 2 is 1.90 bits per heavy atom. The summed E-state index contributed by atoms with van der Waals surface area (Å²) in [6.45, 7) is 12.5. The highest BCUT2D eigenvalue weighted by Crippen LogP contribution is 2.59. The molecule has 1 unspecified atom stereocenters. The van der Waals surface area contributed by atoms with Crippen LogP contribution in [0.4, 0.5) is 0 Å². The van der Waals surface area contributed by atoms with Gasteiger partial charge < -0.3 is 34.4 Å². The van der Waals surface area contributed by atoms with Crippen LogP contribution in [0, 0.1) is 11.8 Å². The number of aliphatic hydroxyl groups excluding tert-OH is 1. The quantitative estimate of drug-likeness (QED) is 0.103. The van der Waals surface area contributed by atoms with Crippen LogP contribution in [0.3, 0.4) is 0 Å². The van der Waals surface area contributed by atoms with Gasteiger partial charge in [0.1, 0.15) is 17.7 Å². The van der Waals surface area contributed by atoms with E-state index >= 15 is 0 Å². The van der Waals surface area contributed by atoms with Gasteiger partial charge in [0.15, 0.2) is 0 Å². The Morgan fingerprint density at radius 3 is 2.56 bits per heavy atom. The molecule has 3 saturated heterocycles. The SMILES string of the molecule is C=CCCC(=O)N[C@@H](COC)[C@@H](OC(=O)[C@@H]1[C@@H]2CC[C@]3(O2)[C@H](C(=O)N(CC=C)C(C)CCC)N(CCCCCCO)C(=O)[C@@H]13)c1ccccc1. The van der Waals surface area contributed by atoms with E-state index in [0.29, 0.717) is 50.8 Å². The van der Waals surface area contributed by atoms with Crippen molar-refractivity contribution in [2.45, 2.75) is 114 Å². The third-order valence-corrected chi connectivity index (χ3v) is 10.5. The molecule has 3 aliphatic rings. The zero-order valence-corrected chi connectivity index (χ0v) is 30.1. The summed E-state index contributed by atoms with van der Waals surface area (Å²) in [5.74, 6) is -3.07. The summed E-state index contributed by atoms with van der Waals surface area (Å²) in [5, 5.41) is 12.2. The molecule has 4 rings (SSSR count). The number of amides is 3. The first-order valence-electron chi connectivity index (χ1n) is 18.3. The lowest BCUT2D eigenvalue weighted by atomic mass is 9.70. The molecule has 2 bridgehead atoms. The highest BCUT2D eigenvalue weighted by Gasteiger charge is 2.75. The Morgan fingerprint density at radius 1 is 1.16 bits per heavy atom. The molecule has 3 aliphatic heterocycles. The largest absolute Gasteiger partial charge is 0.455 e. The van der Waals surface area contributed by atoms with Crippen molar-refractivity contribution in [1.82, 2.24) is 15.1 Å². The molecule has 50 heavy (non-hydrogen) atoms. The number of carbonyl (C=O) groups is 4. The molecule has 11 heteroatoms. The van der Waals surface area contributed by atoms with Crippen molar-refractivity contribution >= 4 is 23.7 Å². The van der Waals surface area contributed by atoms with Crippen molar-refractivity contribution in [3.05, 3.63) is 61.2 Å². The predicted octanol–water partition coefficient (Wildman–Crippen LogP) is 4.50. The number of hydrogen-bond acceptors (Lipinski definition) is 8. The van der Waals surface area contributed by atoms with Crippen LogP contribution in [0.2, 0.25) is 0 Å². The molecule has 0 aliphatic carbocycles. The molecule has 1 spiro atoms. The van der Waals surface area contributed by atoms with E-state index in [4.69, 9.17) is 14.2 Å². The molecule has 0 aromatic heterocycles. The minimum absolute atomic E-state index is 0.0761. The summed E-state index contributed by atoms with van der Waals surface area (Å²) in [5.41, 5.74) is -0.488. The fourth-order valence-corrected chi connectivity index (χ4v) is 8.17. The molecule has 0 saturated carbocycles. The number of benzene rings is 1. The van der Waals surface area contributed by atoms with E-state index in [1.54, 1.807) is 22.0 Å². The molecule has 1 aromatic carbocycles. The predicted molar refractivity (Wildman–Crippen MR) is 190 cm³/mol. The molecule has 3 heterocycles. The van der Waals surface area contributed by atoms with Crippen LogP contribution in [0.1, 0.15) is 89.7 Å². The number of unbranched alkanes of at least 4 members (excludes halogenated alkanes) is 3. The standard InChI is InChI=1S/C39H57N3O8/c1-6-9-20-31(44)40-29(26-48-5)34(28-18-13-12-14-19-28)49-38(47)32-30-21-22-39(50-30)33(32)36(45)42(24-15-10-11-16-25-43)35(39)37(46)41(23-8-3)27(4)17-7-2/h6,8,12-14,18-19,27,29-30,32-35,43H,1,3,7,9-11,15-17,20-26H2,2,4-5H3,(H,40,44)/t27?,29-,30-,32+,33+,34-,35-,39+/m0/s1. The van der Waals surface area contributed by atoms with Crippen molar-refractivity contribution in [2.75, 3.05) is 33.4 Å². The first-order chi connectivity index (χ1) is 24.2. The first-order valence-corrected chi connectivity index (χ1v) is 18.3. The average Bonchev–Trinajstić information content (AvgIpc) is 3.75. The van der Waals surface area contributed by atoms with Crippen LogP contribution >= 0.6 is 0 Å². The Bertz CT molecular complexity index is 1320. The van der Waals surface area contributed by atoms with Crippen molar-refractivity contribution in [3.8, 4) is 0 Å². The van der Waals surface area contributed by atoms with Gasteiger partial charge in [0, 0.05) is 39.3 Å². The van der Waals surface area contributed by atoms with Crippen molar-refractivity contribution in [3.63, 3.8) is 0 Å². The van der Waals surface area contributed by atoms with Crippen LogP contribution in [0.25, 0.3) is 0 Å². The molecule has 0 radical (unpaired) electrons. The van der Waals surface area contributed by atoms with Crippen LogP contribution in [0.5, 0.6) is 0 Å². The van der Waals surface area contributed by atoms with Crippen molar-refractivity contribution < 1.29 is 38.5 Å². The summed E-state index contributed by atoms with van der Waals surface area (Å²) in [6.07, 6.45) is 8.21. The van der Waals surface area contributed by atoms with Gasteiger partial charge in [-0.1, -0.05) is 68.7 Å². The number of esters is 1. The number of likely N-dealkylation sites (tertiary alicyclic amines) is 1. The Labute approximate surface area is 297 Å². The summed E-state index contributed by atoms with van der Waals surface area (Å²) in [7, 11) is 1.52. The number of fused-ring (bicyclic) bond motifs is 1. The van der Waals surface area contributed by atoms with Gasteiger partial charge in [0.2, 0.25) is 17.7 Å². The zero-order valence-electron chi connectivity index (χ0n) is 30.1. The summed E-state index contributed by atoms with van der Waals surface area (Å²) < 4.78 is 18.5. The molecule has 276 valence electrons. The number of nitrogens with zero attached hydrogens (tertiary/aromatic N) is 2. The van der Waals surface area contributed by atoms with E-state index in [0.717, 1.165) is 25.7 Å². The van der Waals surface area contributed by atoms with Crippen molar-refractivity contribution in [1.29, 1.82) is 0 Å². The molecule has 3 amide bonds. The van der Waals surface area contributed by atoms with Gasteiger partial charge in [-0.15, -0.1) is 13.2 Å². The second kappa shape index (κ2) is 18.6. The summed E-state index contributed by atoms with van der Waals surface area (Å²) in [6, 6.07) is 7.52. The molecule has 2 N–H and O–H groups in total. The van der Waals surface area contributed by atoms with E-state index < -0.39 is 47.7 Å². The van der Waals surface area contributed by atoms with E-state index in [1.165, 1.54) is 7.11 Å². The van der Waals surface area contributed by atoms with E-state index in [2.05, 4.69) is 25.4 Å². The molecule has 8 atom stereocenters. The van der Waals surface area contributed by atoms with Gasteiger partial charge in [-0.2, -0.15) is 0 Å². The van der Waals surface area contributed by atoms with Crippen LogP contribution in [0.15, 0.2) is 55.6 Å². The number of nitrogens with one attached hydrogen (secondary N) is 1. The van der Waals surface area contributed by atoms with Gasteiger partial charge in [0.05, 0.1) is 30.6 Å². The lowest BCUT2D eigenvalue weighted by Gasteiger charge is -2.39. The molecular formula is C39H57N3O8. The highest BCUT2D eigenvalue weighted by atomic mass is 16.6. The maximum absolute atomic E-state index is 14.6. The first kappa shape index (κ1) is 39.2. The van der Waals surface area contributed by atoms with Gasteiger partial charge in [-0.3, -0.25) is 19.2 Å². The second-order valence-corrected chi connectivity index (χ2v) is 13.9. The van der Waals surface area contributed by atoms with Crippen molar-refractivity contribution in [2.24, 2.45) is 11.8 Å². The maximum atomic E-state index is 14.6. The number of ether oxygens (including phenoxy) is 3. The Balaban J connectivity index is 1.68. The van der Waals surface area contributed by atoms with Gasteiger partial charge in [-0.05, 0) is 51.0 Å². The summed E-state index contributed by atoms with van der Waals surface area (Å²) in [4.78, 5) is 59.9. The minimum atomic E-state index is -1.16. The number of carbonyl (C=O) groups excluding carboxylic acids is 4. The molecule has 1 aromatic rings. The molecular weight excluding hydrogens is 638 g/mol. The van der Waals surface area contributed by atoms with Crippen LogP contribution in [-0.4, -0.2) is 102 Å². The van der Waals surface area contributed by atoms with E-state index in [1.807, 2.05) is 37.3 Å². The van der Waals surface area contributed by atoms with Crippen LogP contribution in [-0.2, 0) is 33.4 Å². The third-order valence-electron chi connectivity index (χ3n) is 10.5. The number of hydrogen-bond donors (Lipinski definition) is 2. The fourth-order valence-electron chi connectivity index (χ4n) is 8.17. The lowest BCUT2D eigenvalue weighted by molar-refractivity contribution is -0.163. The zero-order chi connectivity index (χ0) is 36.3. The lowest BCUT2D eigenvalue weighted by Crippen LogP contribution is -2.57. The van der Waals surface area contributed by atoms with E-state index in [-0.39, 0.29) is 43.4 Å². The monoisotopic (exact) mass is 695 g/mol. The average molecular weight is 696 g/mol. The fraction of sp³-hybridized carbons (Fsp3) is 0.641. The third kappa shape index (κ3) is 8.49. The van der Waals surface area contributed by atoms with Gasteiger partial charge >= 0.3 is 5.97 Å². The van der Waals surface area contributed by atoms with Gasteiger partial charge in [0.25, 0.3) is 0 Å². The Kier molecular flexibility index (Phi) is 14.6. The number of methoxy groups -OCH3 is 1. The number of aliphatic hydroxyl groups is 1. The smallest absolute Gasteiger partial charge is 0.313 e. The van der Waals surface area contributed by atoms with Gasteiger partial charge in [-0.25, -0.2) is 0 Å². The highest BCUT2D eigenvalue weighted by molar-refractivity contribution is 5.98. The topological polar surface area (TPSA) is 135 Å². The maximum Gasteiger partial charge on any atom is 0.313 e. The second-order valence-electron chi connectivity index (χ2n) is 13.9. The molecule has 3 fully saturated rings. The number of rotatable bonds is 22. The molecule has 11 nitrogen and oxygen atoms in total. The Hall–Kier alpha value is -3.54. The minimum Gasteiger partial charge on any atom is -0.455 e. The number of allylic oxidation sites excluding steroid dienone is 1. The van der Waals surface area contributed by atoms with E-state index in [9.17, 15) is 24.3 Å². The summed E-state index contributed by atoms with van der Waals surface area (Å²) >= 11 is 0.